The Morgan fingerprint density at radius 2 is 2.12 bits per heavy atom. The molecule has 0 aromatic carbocycles. The van der Waals surface area contributed by atoms with Gasteiger partial charge in [-0.3, -0.25) is 4.79 Å². The number of fused-ring (bicyclic) bond motifs is 1. The van der Waals surface area contributed by atoms with E-state index in [1.54, 1.807) is 6.20 Å². The van der Waals surface area contributed by atoms with E-state index in [0.717, 1.165) is 28.4 Å². The second-order valence-corrected chi connectivity index (χ2v) is 8.38. The molecule has 1 aromatic heterocycles. The van der Waals surface area contributed by atoms with Crippen molar-refractivity contribution in [3.05, 3.63) is 18.3 Å². The summed E-state index contributed by atoms with van der Waals surface area (Å²) in [7, 11) is 0. The summed E-state index contributed by atoms with van der Waals surface area (Å²) in [4.78, 5) is 18.9. The van der Waals surface area contributed by atoms with Gasteiger partial charge in [-0.25, -0.2) is 4.98 Å². The van der Waals surface area contributed by atoms with Gasteiger partial charge in [-0.15, -0.1) is 11.8 Å². The molecule has 2 aliphatic rings. The molecule has 3 heterocycles. The summed E-state index contributed by atoms with van der Waals surface area (Å²) >= 11 is 1.87. The number of anilines is 1. The molecule has 0 unspecified atom stereocenters. The van der Waals surface area contributed by atoms with Gasteiger partial charge in [0.1, 0.15) is 0 Å². The Kier molecular flexibility index (Phi) is 6.17. The second-order valence-electron chi connectivity index (χ2n) is 7.34. The normalized spacial score (nSPS) is 24.6. The van der Waals surface area contributed by atoms with Crippen LogP contribution in [-0.4, -0.2) is 40.7 Å². The first kappa shape index (κ1) is 17.7. The van der Waals surface area contributed by atoms with Gasteiger partial charge >= 0.3 is 0 Å². The summed E-state index contributed by atoms with van der Waals surface area (Å²) in [6.07, 6.45) is 8.62. The zero-order valence-corrected chi connectivity index (χ0v) is 15.6. The molecule has 0 bridgehead atoms. The quantitative estimate of drug-likeness (QED) is 0.817. The minimum Gasteiger partial charge on any atom is -0.325 e. The number of carbonyl (C=O) groups excluding carboxylic acids is 1. The Morgan fingerprint density at radius 1 is 1.29 bits per heavy atom. The van der Waals surface area contributed by atoms with Crippen LogP contribution >= 0.6 is 11.8 Å². The summed E-state index contributed by atoms with van der Waals surface area (Å²) < 4.78 is 0. The van der Waals surface area contributed by atoms with E-state index in [-0.39, 0.29) is 11.8 Å². The molecule has 2 aliphatic heterocycles. The minimum absolute atomic E-state index is 0.0104. The largest absolute Gasteiger partial charge is 0.325 e. The number of nitrogens with zero attached hydrogens (tertiary/aromatic N) is 2. The highest BCUT2D eigenvalue weighted by Gasteiger charge is 2.32. The van der Waals surface area contributed by atoms with Gasteiger partial charge in [-0.2, -0.15) is 0 Å². The van der Waals surface area contributed by atoms with Crippen molar-refractivity contribution >= 4 is 23.4 Å². The Balaban J connectivity index is 1.52. The Labute approximate surface area is 149 Å². The van der Waals surface area contributed by atoms with E-state index >= 15 is 0 Å². The maximum absolute atomic E-state index is 11.7. The van der Waals surface area contributed by atoms with Crippen molar-refractivity contribution < 1.29 is 4.79 Å². The van der Waals surface area contributed by atoms with Crippen molar-refractivity contribution in [3.63, 3.8) is 0 Å². The zero-order chi connectivity index (χ0) is 16.9. The van der Waals surface area contributed by atoms with Crippen molar-refractivity contribution in [2.75, 3.05) is 24.2 Å². The van der Waals surface area contributed by atoms with Crippen LogP contribution in [0, 0.1) is 11.8 Å². The van der Waals surface area contributed by atoms with E-state index in [0.29, 0.717) is 0 Å². The highest BCUT2D eigenvalue weighted by molar-refractivity contribution is 7.99. The predicted octanol–water partition coefficient (Wildman–Crippen LogP) is 4.03. The van der Waals surface area contributed by atoms with Crippen molar-refractivity contribution in [3.8, 4) is 0 Å². The van der Waals surface area contributed by atoms with Crippen molar-refractivity contribution in [2.45, 2.75) is 57.0 Å². The Hall–Kier alpha value is -1.07. The number of thioether (sulfide) groups is 1. The number of hydrogen-bond donors (Lipinski definition) is 1. The van der Waals surface area contributed by atoms with Crippen LogP contribution < -0.4 is 5.32 Å². The van der Waals surface area contributed by atoms with E-state index < -0.39 is 0 Å². The zero-order valence-electron chi connectivity index (χ0n) is 14.8. The monoisotopic (exact) mass is 347 g/mol. The van der Waals surface area contributed by atoms with Gasteiger partial charge in [-0.05, 0) is 56.8 Å². The molecule has 0 aliphatic carbocycles. The second kappa shape index (κ2) is 8.34. The summed E-state index contributed by atoms with van der Waals surface area (Å²) in [6.45, 7) is 6.39. The van der Waals surface area contributed by atoms with E-state index in [4.69, 9.17) is 0 Å². The molecular weight excluding hydrogens is 318 g/mol. The summed E-state index contributed by atoms with van der Waals surface area (Å²) in [5.41, 5.74) is 0.786. The molecule has 2 saturated heterocycles. The molecule has 0 spiro atoms. The fourth-order valence-electron chi connectivity index (χ4n) is 3.79. The number of rotatable bonds is 5. The number of carbonyl (C=O) groups is 1. The lowest BCUT2D eigenvalue weighted by Gasteiger charge is -2.44. The topological polar surface area (TPSA) is 45.2 Å². The van der Waals surface area contributed by atoms with E-state index in [1.807, 2.05) is 37.7 Å². The average molecular weight is 348 g/mol. The van der Waals surface area contributed by atoms with Gasteiger partial charge in [0.2, 0.25) is 5.91 Å². The van der Waals surface area contributed by atoms with Gasteiger partial charge in [0, 0.05) is 17.7 Å². The minimum atomic E-state index is -0.0104. The molecule has 0 radical (unpaired) electrons. The van der Waals surface area contributed by atoms with Crippen LogP contribution in [0.4, 0.5) is 5.69 Å². The number of pyridine rings is 1. The molecule has 0 saturated carbocycles. The first-order valence-corrected chi connectivity index (χ1v) is 10.3. The molecule has 24 heavy (non-hydrogen) atoms. The van der Waals surface area contributed by atoms with Crippen LogP contribution in [-0.2, 0) is 4.79 Å². The highest BCUT2D eigenvalue weighted by atomic mass is 32.2. The third-order valence-corrected chi connectivity index (χ3v) is 6.33. The van der Waals surface area contributed by atoms with Crippen molar-refractivity contribution in [2.24, 2.45) is 11.8 Å². The Bertz CT molecular complexity index is 544. The van der Waals surface area contributed by atoms with Gasteiger partial charge in [-0.1, -0.05) is 20.3 Å². The first-order valence-electron chi connectivity index (χ1n) is 9.27. The molecule has 2 fully saturated rings. The number of hydrogen-bond acceptors (Lipinski definition) is 4. The van der Waals surface area contributed by atoms with E-state index in [2.05, 4.69) is 15.2 Å². The molecule has 3 rings (SSSR count). The lowest BCUT2D eigenvalue weighted by Crippen LogP contribution is -2.48. The van der Waals surface area contributed by atoms with Crippen LogP contribution in [0.1, 0.15) is 46.0 Å². The fourth-order valence-corrected chi connectivity index (χ4v) is 4.86. The maximum atomic E-state index is 11.7. The molecule has 4 nitrogen and oxygen atoms in total. The van der Waals surface area contributed by atoms with Gasteiger partial charge in [0.25, 0.3) is 0 Å². The molecule has 132 valence electrons. The van der Waals surface area contributed by atoms with Crippen LogP contribution in [0.2, 0.25) is 0 Å². The number of nitrogens with one attached hydrogen (secondary N) is 1. The molecule has 1 N–H and O–H groups in total. The molecule has 5 heteroatoms. The van der Waals surface area contributed by atoms with E-state index in [9.17, 15) is 4.79 Å². The standard InChI is InChI=1S/C19H29N3OS/c1-14(2)19(23)21-16-8-9-18(20-12-16)24-13-15-6-5-11-22-10-4-3-7-17(15)22/h8-9,12,14-15,17H,3-7,10-11,13H2,1-2H3,(H,21,23)/t15-,17+/m0/s1. The SMILES string of the molecule is CC(C)C(=O)Nc1ccc(SC[C@@H]2CCCN3CCCC[C@H]23)nc1. The third kappa shape index (κ3) is 4.51. The van der Waals surface area contributed by atoms with Gasteiger partial charge < -0.3 is 10.2 Å². The number of piperidine rings is 2. The summed E-state index contributed by atoms with van der Waals surface area (Å²) in [5.74, 6) is 1.98. The van der Waals surface area contributed by atoms with Crippen LogP contribution in [0.3, 0.4) is 0 Å². The van der Waals surface area contributed by atoms with Gasteiger partial charge in [0.15, 0.2) is 0 Å². The molecule has 1 aromatic rings. The average Bonchev–Trinajstić information content (AvgIpc) is 2.61. The predicted molar refractivity (Wildman–Crippen MR) is 100 cm³/mol. The van der Waals surface area contributed by atoms with Crippen LogP contribution in [0.25, 0.3) is 0 Å². The van der Waals surface area contributed by atoms with Crippen molar-refractivity contribution in [1.82, 2.24) is 9.88 Å². The number of amides is 1. The van der Waals surface area contributed by atoms with Gasteiger partial charge in [0.05, 0.1) is 16.9 Å². The third-order valence-electron chi connectivity index (χ3n) is 5.20. The molecular formula is C19H29N3OS. The Morgan fingerprint density at radius 3 is 2.88 bits per heavy atom. The summed E-state index contributed by atoms with van der Waals surface area (Å²) in [5, 5.41) is 3.95. The smallest absolute Gasteiger partial charge is 0.226 e. The van der Waals surface area contributed by atoms with Crippen LogP contribution in [0.15, 0.2) is 23.4 Å². The lowest BCUT2D eigenvalue weighted by molar-refractivity contribution is -0.118. The number of aromatic nitrogens is 1. The molecule has 1 amide bonds. The van der Waals surface area contributed by atoms with E-state index in [1.165, 1.54) is 45.2 Å². The highest BCUT2D eigenvalue weighted by Crippen LogP contribution is 2.34. The summed E-state index contributed by atoms with van der Waals surface area (Å²) in [6, 6.07) is 4.79. The van der Waals surface area contributed by atoms with Crippen molar-refractivity contribution in [1.29, 1.82) is 0 Å². The lowest BCUT2D eigenvalue weighted by atomic mass is 9.85. The maximum Gasteiger partial charge on any atom is 0.226 e. The van der Waals surface area contributed by atoms with Crippen LogP contribution in [0.5, 0.6) is 0 Å². The fraction of sp³-hybridized carbons (Fsp3) is 0.684. The first-order chi connectivity index (χ1) is 11.6. The molecule has 2 atom stereocenters.